The molecular weight excluding hydrogens is 226 g/mol. The van der Waals surface area contributed by atoms with E-state index in [1.165, 1.54) is 0 Å². The molecule has 0 amide bonds. The summed E-state index contributed by atoms with van der Waals surface area (Å²) in [7, 11) is 0. The molecule has 0 saturated heterocycles. The Hall–Kier alpha value is -1.32. The fourth-order valence-electron chi connectivity index (χ4n) is 1.79. The van der Waals surface area contributed by atoms with Crippen LogP contribution in [0.2, 0.25) is 0 Å². The maximum Gasteiger partial charge on any atom is 0.226 e. The van der Waals surface area contributed by atoms with Crippen LogP contribution < -0.4 is 10.1 Å². The van der Waals surface area contributed by atoms with Crippen LogP contribution in [-0.2, 0) is 0 Å². The van der Waals surface area contributed by atoms with E-state index in [-0.39, 0.29) is 0 Å². The van der Waals surface area contributed by atoms with E-state index in [0.29, 0.717) is 30.4 Å². The molecule has 1 heterocycles. The summed E-state index contributed by atoms with van der Waals surface area (Å²) in [4.78, 5) is 8.81. The molecule has 0 bridgehead atoms. The lowest BCUT2D eigenvalue weighted by molar-refractivity contribution is 0.304. The number of rotatable bonds is 7. The number of nitrogens with zero attached hydrogens (tertiary/aromatic N) is 2. The van der Waals surface area contributed by atoms with E-state index >= 15 is 0 Å². The van der Waals surface area contributed by atoms with Crippen molar-refractivity contribution < 1.29 is 4.74 Å². The molecule has 0 aromatic carbocycles. The molecule has 4 nitrogen and oxygen atoms in total. The second kappa shape index (κ2) is 7.19. The summed E-state index contributed by atoms with van der Waals surface area (Å²) in [6.07, 6.45) is 2.04. The molecule has 1 rings (SSSR count). The third kappa shape index (κ3) is 4.51. The number of aromatic nitrogens is 2. The lowest BCUT2D eigenvalue weighted by Crippen LogP contribution is -2.26. The van der Waals surface area contributed by atoms with Gasteiger partial charge in [-0.3, -0.25) is 0 Å². The largest absolute Gasteiger partial charge is 0.478 e. The zero-order chi connectivity index (χ0) is 13.5. The van der Waals surface area contributed by atoms with Crippen LogP contribution >= 0.6 is 0 Å². The van der Waals surface area contributed by atoms with Crippen LogP contribution in [-0.4, -0.2) is 22.6 Å². The Kier molecular flexibility index (Phi) is 5.89. The zero-order valence-corrected chi connectivity index (χ0v) is 12.2. The highest BCUT2D eigenvalue weighted by atomic mass is 16.5. The van der Waals surface area contributed by atoms with Crippen molar-refractivity contribution >= 4 is 5.95 Å². The predicted molar refractivity (Wildman–Crippen MR) is 75.1 cm³/mol. The monoisotopic (exact) mass is 251 g/mol. The van der Waals surface area contributed by atoms with Gasteiger partial charge in [0.1, 0.15) is 0 Å². The van der Waals surface area contributed by atoms with Crippen LogP contribution in [0.1, 0.15) is 46.2 Å². The van der Waals surface area contributed by atoms with Crippen LogP contribution in [0.15, 0.2) is 6.07 Å². The number of nitrogens with one attached hydrogen (secondary N) is 1. The Bertz CT molecular complexity index is 366. The molecule has 0 aliphatic heterocycles. The molecule has 0 spiro atoms. The second-order valence-corrected chi connectivity index (χ2v) is 4.92. The van der Waals surface area contributed by atoms with Crippen LogP contribution in [0.3, 0.4) is 0 Å². The number of aryl methyl sites for hydroxylation is 1. The third-order valence-electron chi connectivity index (χ3n) is 2.84. The van der Waals surface area contributed by atoms with E-state index in [2.05, 4.69) is 43.0 Å². The Morgan fingerprint density at radius 3 is 2.56 bits per heavy atom. The minimum absolute atomic E-state index is 0.394. The summed E-state index contributed by atoms with van der Waals surface area (Å²) in [5.41, 5.74) is 0.928. The quantitative estimate of drug-likeness (QED) is 0.806. The lowest BCUT2D eigenvalue weighted by atomic mass is 10.0. The summed E-state index contributed by atoms with van der Waals surface area (Å²) >= 11 is 0. The molecule has 4 heteroatoms. The highest BCUT2D eigenvalue weighted by Crippen LogP contribution is 2.16. The standard InChI is InChI=1S/C14H25N3O/c1-6-8-18-13-9-11(5)15-14(17-13)16-12(7-2)10(3)4/h9-10,12H,6-8H2,1-5H3,(H,15,16,17). The molecule has 1 unspecified atom stereocenters. The van der Waals surface area contributed by atoms with Gasteiger partial charge >= 0.3 is 0 Å². The summed E-state index contributed by atoms with van der Waals surface area (Å²) < 4.78 is 5.56. The van der Waals surface area contributed by atoms with Crippen LogP contribution in [0, 0.1) is 12.8 Å². The number of ether oxygens (including phenoxy) is 1. The molecule has 102 valence electrons. The number of hydrogen-bond donors (Lipinski definition) is 1. The van der Waals surface area contributed by atoms with E-state index in [9.17, 15) is 0 Å². The Labute approximate surface area is 110 Å². The molecule has 0 aliphatic rings. The summed E-state index contributed by atoms with van der Waals surface area (Å²) in [5, 5.41) is 3.38. The Morgan fingerprint density at radius 2 is 2.00 bits per heavy atom. The average molecular weight is 251 g/mol. The highest BCUT2D eigenvalue weighted by Gasteiger charge is 2.13. The van der Waals surface area contributed by atoms with Crippen molar-refractivity contribution in [3.63, 3.8) is 0 Å². The first-order valence-electron chi connectivity index (χ1n) is 6.81. The van der Waals surface area contributed by atoms with Crippen LogP contribution in [0.4, 0.5) is 5.95 Å². The summed E-state index contributed by atoms with van der Waals surface area (Å²) in [6.45, 7) is 11.3. The maximum atomic E-state index is 5.56. The third-order valence-corrected chi connectivity index (χ3v) is 2.84. The Morgan fingerprint density at radius 1 is 1.28 bits per heavy atom. The normalized spacial score (nSPS) is 12.6. The minimum atomic E-state index is 0.394. The van der Waals surface area contributed by atoms with Gasteiger partial charge in [0.15, 0.2) is 0 Å². The van der Waals surface area contributed by atoms with Crippen molar-refractivity contribution in [2.75, 3.05) is 11.9 Å². The molecule has 0 aliphatic carbocycles. The highest BCUT2D eigenvalue weighted by molar-refractivity contribution is 5.31. The molecule has 1 N–H and O–H groups in total. The van der Waals surface area contributed by atoms with Gasteiger partial charge in [0.2, 0.25) is 11.8 Å². The summed E-state index contributed by atoms with van der Waals surface area (Å²) in [6, 6.07) is 2.27. The van der Waals surface area contributed by atoms with Gasteiger partial charge in [0.05, 0.1) is 6.61 Å². The van der Waals surface area contributed by atoms with Gasteiger partial charge in [-0.1, -0.05) is 27.7 Å². The van der Waals surface area contributed by atoms with Gasteiger partial charge in [-0.05, 0) is 25.7 Å². The molecule has 1 aromatic heterocycles. The Balaban J connectivity index is 2.78. The van der Waals surface area contributed by atoms with Crippen LogP contribution in [0.25, 0.3) is 0 Å². The van der Waals surface area contributed by atoms with E-state index in [4.69, 9.17) is 4.74 Å². The van der Waals surface area contributed by atoms with Gasteiger partial charge in [-0.15, -0.1) is 0 Å². The molecule has 1 aromatic rings. The predicted octanol–water partition coefficient (Wildman–Crippen LogP) is 3.42. The van der Waals surface area contributed by atoms with Crippen molar-refractivity contribution in [1.82, 2.24) is 9.97 Å². The molecule has 0 saturated carbocycles. The smallest absolute Gasteiger partial charge is 0.226 e. The van der Waals surface area contributed by atoms with Crippen molar-refractivity contribution in [2.24, 2.45) is 5.92 Å². The van der Waals surface area contributed by atoms with Gasteiger partial charge in [-0.2, -0.15) is 4.98 Å². The first-order chi connectivity index (χ1) is 8.56. The second-order valence-electron chi connectivity index (χ2n) is 4.92. The maximum absolute atomic E-state index is 5.56. The van der Waals surface area contributed by atoms with Crippen molar-refractivity contribution in [1.29, 1.82) is 0 Å². The fourth-order valence-corrected chi connectivity index (χ4v) is 1.79. The summed E-state index contributed by atoms with van der Waals surface area (Å²) in [5.74, 6) is 1.88. The molecule has 1 atom stereocenters. The van der Waals surface area contributed by atoms with Crippen molar-refractivity contribution in [2.45, 2.75) is 53.5 Å². The molecule has 18 heavy (non-hydrogen) atoms. The van der Waals surface area contributed by atoms with E-state index in [1.54, 1.807) is 0 Å². The van der Waals surface area contributed by atoms with E-state index in [0.717, 1.165) is 18.5 Å². The first kappa shape index (κ1) is 14.7. The lowest BCUT2D eigenvalue weighted by Gasteiger charge is -2.21. The fraction of sp³-hybridized carbons (Fsp3) is 0.714. The molecule has 0 radical (unpaired) electrons. The SMILES string of the molecule is CCCOc1cc(C)nc(NC(CC)C(C)C)n1. The van der Waals surface area contributed by atoms with Gasteiger partial charge in [0, 0.05) is 17.8 Å². The topological polar surface area (TPSA) is 47.0 Å². The number of hydrogen-bond acceptors (Lipinski definition) is 4. The van der Waals surface area contributed by atoms with Crippen LogP contribution in [0.5, 0.6) is 5.88 Å². The molecule has 0 fully saturated rings. The van der Waals surface area contributed by atoms with Gasteiger partial charge in [0.25, 0.3) is 0 Å². The van der Waals surface area contributed by atoms with Crippen molar-refractivity contribution in [3.8, 4) is 5.88 Å². The minimum Gasteiger partial charge on any atom is -0.478 e. The van der Waals surface area contributed by atoms with Gasteiger partial charge in [-0.25, -0.2) is 4.98 Å². The molecular formula is C14H25N3O. The number of anilines is 1. The average Bonchev–Trinajstić information content (AvgIpc) is 2.32. The first-order valence-corrected chi connectivity index (χ1v) is 6.81. The van der Waals surface area contributed by atoms with Gasteiger partial charge < -0.3 is 10.1 Å². The van der Waals surface area contributed by atoms with E-state index < -0.39 is 0 Å². The van der Waals surface area contributed by atoms with E-state index in [1.807, 2.05) is 13.0 Å². The zero-order valence-electron chi connectivity index (χ0n) is 12.2. The van der Waals surface area contributed by atoms with Crippen molar-refractivity contribution in [3.05, 3.63) is 11.8 Å².